The zero-order valence-corrected chi connectivity index (χ0v) is 9.61. The predicted molar refractivity (Wildman–Crippen MR) is 58.9 cm³/mol. The molecule has 1 aliphatic rings. The number of ether oxygens (including phenoxy) is 1. The van der Waals surface area contributed by atoms with Crippen molar-refractivity contribution in [2.75, 3.05) is 20.2 Å². The van der Waals surface area contributed by atoms with Gasteiger partial charge in [0, 0.05) is 32.6 Å². The molecule has 1 fully saturated rings. The van der Waals surface area contributed by atoms with E-state index in [1.807, 2.05) is 18.3 Å². The lowest BCUT2D eigenvalue weighted by atomic mass is 10.2. The molecule has 1 amide bonds. The molecule has 6 heteroatoms. The standard InChI is InChI=1S/C11H14N4O2/c1-17-10-8-14(11(16)3-4-12)7-9(10)15-6-2-5-13-15/h2,5-6,9-10H,3,7-8H2,1H3. The van der Waals surface area contributed by atoms with Crippen LogP contribution in [0.2, 0.25) is 0 Å². The summed E-state index contributed by atoms with van der Waals surface area (Å²) in [6, 6.07) is 3.74. The number of nitriles is 1. The molecule has 2 rings (SSSR count). The normalized spacial score (nSPS) is 23.6. The van der Waals surface area contributed by atoms with Gasteiger partial charge in [0.1, 0.15) is 6.42 Å². The number of hydrogen-bond donors (Lipinski definition) is 0. The number of hydrogen-bond acceptors (Lipinski definition) is 4. The summed E-state index contributed by atoms with van der Waals surface area (Å²) in [4.78, 5) is 13.3. The molecule has 2 atom stereocenters. The van der Waals surface area contributed by atoms with Crippen molar-refractivity contribution in [1.82, 2.24) is 14.7 Å². The molecule has 1 aromatic rings. The highest BCUT2D eigenvalue weighted by Gasteiger charge is 2.36. The SMILES string of the molecule is COC1CN(C(=O)CC#N)CC1n1cccn1. The largest absolute Gasteiger partial charge is 0.377 e. The average molecular weight is 234 g/mol. The Hall–Kier alpha value is -1.87. The smallest absolute Gasteiger partial charge is 0.236 e. The van der Waals surface area contributed by atoms with Gasteiger partial charge in [0.2, 0.25) is 5.91 Å². The summed E-state index contributed by atoms with van der Waals surface area (Å²) in [5.74, 6) is -0.149. The molecule has 0 spiro atoms. The zero-order chi connectivity index (χ0) is 12.3. The van der Waals surface area contributed by atoms with Crippen LogP contribution < -0.4 is 0 Å². The van der Waals surface area contributed by atoms with Crippen molar-refractivity contribution >= 4 is 5.91 Å². The van der Waals surface area contributed by atoms with Crippen molar-refractivity contribution < 1.29 is 9.53 Å². The third-order valence-electron chi connectivity index (χ3n) is 2.99. The van der Waals surface area contributed by atoms with E-state index in [0.717, 1.165) is 0 Å². The first kappa shape index (κ1) is 11.6. The number of amides is 1. The molecular weight excluding hydrogens is 220 g/mol. The fraction of sp³-hybridized carbons (Fsp3) is 0.545. The minimum atomic E-state index is -0.149. The van der Waals surface area contributed by atoms with E-state index in [-0.39, 0.29) is 24.5 Å². The van der Waals surface area contributed by atoms with Gasteiger partial charge in [-0.25, -0.2) is 0 Å². The van der Waals surface area contributed by atoms with Gasteiger partial charge in [-0.15, -0.1) is 0 Å². The second kappa shape index (κ2) is 4.97. The summed E-state index contributed by atoms with van der Waals surface area (Å²) in [5, 5.41) is 12.7. The lowest BCUT2D eigenvalue weighted by Crippen LogP contribution is -2.29. The fourth-order valence-electron chi connectivity index (χ4n) is 2.10. The summed E-state index contributed by atoms with van der Waals surface area (Å²) in [5.41, 5.74) is 0. The molecule has 0 bridgehead atoms. The van der Waals surface area contributed by atoms with Crippen LogP contribution >= 0.6 is 0 Å². The Bertz CT molecular complexity index is 423. The monoisotopic (exact) mass is 234 g/mol. The Morgan fingerprint density at radius 3 is 3.06 bits per heavy atom. The Kier molecular flexibility index (Phi) is 3.40. The summed E-state index contributed by atoms with van der Waals surface area (Å²) in [6.45, 7) is 1.06. The van der Waals surface area contributed by atoms with Gasteiger partial charge in [0.25, 0.3) is 0 Å². The zero-order valence-electron chi connectivity index (χ0n) is 9.61. The number of carbonyl (C=O) groups excluding carboxylic acids is 1. The summed E-state index contributed by atoms with van der Waals surface area (Å²) in [6.07, 6.45) is 3.40. The molecule has 90 valence electrons. The number of likely N-dealkylation sites (tertiary alicyclic amines) is 1. The molecule has 6 nitrogen and oxygen atoms in total. The highest BCUT2D eigenvalue weighted by Crippen LogP contribution is 2.24. The third-order valence-corrected chi connectivity index (χ3v) is 2.99. The van der Waals surface area contributed by atoms with Crippen molar-refractivity contribution in [3.63, 3.8) is 0 Å². The van der Waals surface area contributed by atoms with Gasteiger partial charge in [0.15, 0.2) is 0 Å². The first-order chi connectivity index (χ1) is 8.26. The summed E-state index contributed by atoms with van der Waals surface area (Å²) >= 11 is 0. The molecule has 1 aromatic heterocycles. The maximum atomic E-state index is 11.6. The molecule has 17 heavy (non-hydrogen) atoms. The van der Waals surface area contributed by atoms with Gasteiger partial charge >= 0.3 is 0 Å². The van der Waals surface area contributed by atoms with Gasteiger partial charge in [0.05, 0.1) is 18.2 Å². The van der Waals surface area contributed by atoms with E-state index in [1.54, 1.807) is 22.9 Å². The molecule has 0 aliphatic carbocycles. The molecule has 0 N–H and O–H groups in total. The van der Waals surface area contributed by atoms with E-state index in [0.29, 0.717) is 13.1 Å². The highest BCUT2D eigenvalue weighted by atomic mass is 16.5. The Morgan fingerprint density at radius 1 is 1.65 bits per heavy atom. The van der Waals surface area contributed by atoms with Gasteiger partial charge in [-0.2, -0.15) is 10.4 Å². The maximum absolute atomic E-state index is 11.6. The molecular formula is C11H14N4O2. The van der Waals surface area contributed by atoms with Crippen molar-refractivity contribution in [3.05, 3.63) is 18.5 Å². The minimum Gasteiger partial charge on any atom is -0.377 e. The average Bonchev–Trinajstić information content (AvgIpc) is 2.97. The quantitative estimate of drug-likeness (QED) is 0.748. The number of rotatable bonds is 3. The molecule has 0 saturated carbocycles. The number of nitrogens with zero attached hydrogens (tertiary/aromatic N) is 4. The maximum Gasteiger partial charge on any atom is 0.236 e. The topological polar surface area (TPSA) is 71.2 Å². The van der Waals surface area contributed by atoms with E-state index in [1.165, 1.54) is 0 Å². The van der Waals surface area contributed by atoms with E-state index in [4.69, 9.17) is 10.00 Å². The van der Waals surface area contributed by atoms with E-state index >= 15 is 0 Å². The van der Waals surface area contributed by atoms with Crippen molar-refractivity contribution in [2.45, 2.75) is 18.6 Å². The van der Waals surface area contributed by atoms with Crippen LogP contribution in [0.5, 0.6) is 0 Å². The molecule has 1 saturated heterocycles. The molecule has 0 aromatic carbocycles. The molecule has 2 heterocycles. The first-order valence-corrected chi connectivity index (χ1v) is 5.43. The van der Waals surface area contributed by atoms with Gasteiger partial charge in [-0.05, 0) is 6.07 Å². The molecule has 1 aliphatic heterocycles. The van der Waals surface area contributed by atoms with Gasteiger partial charge < -0.3 is 9.64 Å². The number of methoxy groups -OCH3 is 1. The van der Waals surface area contributed by atoms with Crippen LogP contribution in [0.15, 0.2) is 18.5 Å². The van der Waals surface area contributed by atoms with Crippen LogP contribution in [0.1, 0.15) is 12.5 Å². The second-order valence-corrected chi connectivity index (χ2v) is 3.96. The highest BCUT2D eigenvalue weighted by molar-refractivity contribution is 5.78. The van der Waals surface area contributed by atoms with Crippen LogP contribution in [-0.2, 0) is 9.53 Å². The van der Waals surface area contributed by atoms with Crippen molar-refractivity contribution in [2.24, 2.45) is 0 Å². The first-order valence-electron chi connectivity index (χ1n) is 5.43. The van der Waals surface area contributed by atoms with Crippen LogP contribution in [-0.4, -0.2) is 46.9 Å². The van der Waals surface area contributed by atoms with Gasteiger partial charge in [-0.1, -0.05) is 0 Å². The Morgan fingerprint density at radius 2 is 2.47 bits per heavy atom. The van der Waals surface area contributed by atoms with E-state index < -0.39 is 0 Å². The minimum absolute atomic E-state index is 0.0256. The number of carbonyl (C=O) groups is 1. The molecule has 0 radical (unpaired) electrons. The lowest BCUT2D eigenvalue weighted by Gasteiger charge is -2.16. The van der Waals surface area contributed by atoms with Crippen LogP contribution in [0.4, 0.5) is 0 Å². The van der Waals surface area contributed by atoms with Gasteiger partial charge in [-0.3, -0.25) is 9.48 Å². The van der Waals surface area contributed by atoms with Crippen LogP contribution in [0.3, 0.4) is 0 Å². The fourth-order valence-corrected chi connectivity index (χ4v) is 2.10. The summed E-state index contributed by atoms with van der Waals surface area (Å²) < 4.78 is 7.17. The summed E-state index contributed by atoms with van der Waals surface area (Å²) in [7, 11) is 1.62. The lowest BCUT2D eigenvalue weighted by molar-refractivity contribution is -0.129. The second-order valence-electron chi connectivity index (χ2n) is 3.96. The van der Waals surface area contributed by atoms with E-state index in [9.17, 15) is 4.79 Å². The van der Waals surface area contributed by atoms with E-state index in [2.05, 4.69) is 5.10 Å². The molecule has 2 unspecified atom stereocenters. The Balaban J connectivity index is 2.09. The van der Waals surface area contributed by atoms with Crippen LogP contribution in [0, 0.1) is 11.3 Å². The van der Waals surface area contributed by atoms with Crippen molar-refractivity contribution in [1.29, 1.82) is 5.26 Å². The van der Waals surface area contributed by atoms with Crippen molar-refractivity contribution in [3.8, 4) is 6.07 Å². The third kappa shape index (κ3) is 2.29. The number of aromatic nitrogens is 2. The Labute approximate surface area is 99.4 Å². The predicted octanol–water partition coefficient (Wildman–Crippen LogP) is 0.195. The van der Waals surface area contributed by atoms with Crippen LogP contribution in [0.25, 0.3) is 0 Å².